The molecule has 0 saturated carbocycles. The predicted octanol–water partition coefficient (Wildman–Crippen LogP) is 1.03. The van der Waals surface area contributed by atoms with Gasteiger partial charge in [-0.2, -0.15) is 0 Å². The van der Waals surface area contributed by atoms with E-state index in [4.69, 9.17) is 5.11 Å². The van der Waals surface area contributed by atoms with Crippen molar-refractivity contribution >= 4 is 0 Å². The molecule has 1 rings (SSSR count). The van der Waals surface area contributed by atoms with Gasteiger partial charge in [-0.25, -0.2) is 0 Å². The summed E-state index contributed by atoms with van der Waals surface area (Å²) in [5.74, 6) is 0.216. The van der Waals surface area contributed by atoms with Crippen LogP contribution in [-0.4, -0.2) is 23.3 Å². The molecule has 0 aromatic heterocycles. The van der Waals surface area contributed by atoms with Crippen molar-refractivity contribution in [2.24, 2.45) is 0 Å². The van der Waals surface area contributed by atoms with Crippen molar-refractivity contribution in [1.29, 1.82) is 0 Å². The van der Waals surface area contributed by atoms with E-state index in [2.05, 4.69) is 5.32 Å². The number of aliphatic hydroxyl groups excluding tert-OH is 1. The van der Waals surface area contributed by atoms with E-state index in [1.807, 2.05) is 6.92 Å². The van der Waals surface area contributed by atoms with Gasteiger partial charge in [0.05, 0.1) is 6.10 Å². The molecule has 0 radical (unpaired) electrons. The van der Waals surface area contributed by atoms with Gasteiger partial charge < -0.3 is 15.5 Å². The molecule has 3 N–H and O–H groups in total. The van der Waals surface area contributed by atoms with Gasteiger partial charge in [0.2, 0.25) is 0 Å². The van der Waals surface area contributed by atoms with Crippen molar-refractivity contribution in [3.05, 3.63) is 29.8 Å². The SMILES string of the molecule is CNC(C)C(O)c1ccc(O)cc1. The van der Waals surface area contributed by atoms with Crippen LogP contribution in [0.5, 0.6) is 5.75 Å². The first-order valence-electron chi connectivity index (χ1n) is 4.29. The van der Waals surface area contributed by atoms with Crippen molar-refractivity contribution in [2.45, 2.75) is 19.1 Å². The highest BCUT2D eigenvalue weighted by Crippen LogP contribution is 2.19. The fourth-order valence-electron chi connectivity index (χ4n) is 1.12. The number of nitrogens with one attached hydrogen (secondary N) is 1. The molecular formula is C10H15NO2. The van der Waals surface area contributed by atoms with Crippen molar-refractivity contribution in [1.82, 2.24) is 5.32 Å². The molecule has 0 bridgehead atoms. The van der Waals surface area contributed by atoms with Gasteiger partial charge in [0.15, 0.2) is 0 Å². The highest BCUT2D eigenvalue weighted by Gasteiger charge is 2.13. The molecule has 0 spiro atoms. The van der Waals surface area contributed by atoms with Crippen molar-refractivity contribution in [2.75, 3.05) is 7.05 Å². The Morgan fingerprint density at radius 3 is 2.23 bits per heavy atom. The number of aromatic hydroxyl groups is 1. The second kappa shape index (κ2) is 4.25. The number of likely N-dealkylation sites (N-methyl/N-ethyl adjacent to an activating group) is 1. The van der Waals surface area contributed by atoms with E-state index >= 15 is 0 Å². The molecule has 0 aliphatic rings. The first-order valence-corrected chi connectivity index (χ1v) is 4.29. The van der Waals surface area contributed by atoms with Gasteiger partial charge >= 0.3 is 0 Å². The van der Waals surface area contributed by atoms with E-state index in [1.54, 1.807) is 31.3 Å². The summed E-state index contributed by atoms with van der Waals surface area (Å²) in [6.45, 7) is 1.90. The molecule has 0 heterocycles. The van der Waals surface area contributed by atoms with Gasteiger partial charge in [0.25, 0.3) is 0 Å². The second-order valence-corrected chi connectivity index (χ2v) is 3.11. The van der Waals surface area contributed by atoms with Crippen LogP contribution in [-0.2, 0) is 0 Å². The van der Waals surface area contributed by atoms with Gasteiger partial charge in [-0.3, -0.25) is 0 Å². The maximum atomic E-state index is 9.74. The van der Waals surface area contributed by atoms with Crippen LogP contribution >= 0.6 is 0 Å². The Labute approximate surface area is 78.0 Å². The molecule has 0 aliphatic carbocycles. The minimum absolute atomic E-state index is 0.00421. The summed E-state index contributed by atoms with van der Waals surface area (Å²) in [6.07, 6.45) is -0.536. The van der Waals surface area contributed by atoms with E-state index in [9.17, 15) is 5.11 Å². The lowest BCUT2D eigenvalue weighted by Gasteiger charge is -2.18. The Morgan fingerprint density at radius 1 is 1.23 bits per heavy atom. The highest BCUT2D eigenvalue weighted by molar-refractivity contribution is 5.27. The summed E-state index contributed by atoms with van der Waals surface area (Å²) in [7, 11) is 1.80. The monoisotopic (exact) mass is 181 g/mol. The molecule has 2 atom stereocenters. The first kappa shape index (κ1) is 10.0. The molecule has 0 amide bonds. The third-order valence-electron chi connectivity index (χ3n) is 2.16. The van der Waals surface area contributed by atoms with Gasteiger partial charge in [-0.1, -0.05) is 12.1 Å². The maximum absolute atomic E-state index is 9.74. The first-order chi connectivity index (χ1) is 6.15. The summed E-state index contributed by atoms with van der Waals surface area (Å²) >= 11 is 0. The summed E-state index contributed by atoms with van der Waals surface area (Å²) in [6, 6.07) is 6.58. The van der Waals surface area contributed by atoms with Crippen LogP contribution in [0.25, 0.3) is 0 Å². The molecule has 3 nitrogen and oxygen atoms in total. The Morgan fingerprint density at radius 2 is 1.77 bits per heavy atom. The lowest BCUT2D eigenvalue weighted by atomic mass is 10.0. The maximum Gasteiger partial charge on any atom is 0.115 e. The summed E-state index contributed by atoms with van der Waals surface area (Å²) in [5, 5.41) is 21.7. The lowest BCUT2D eigenvalue weighted by Crippen LogP contribution is -2.28. The average molecular weight is 181 g/mol. The summed E-state index contributed by atoms with van der Waals surface area (Å²) in [4.78, 5) is 0. The minimum Gasteiger partial charge on any atom is -0.508 e. The number of rotatable bonds is 3. The van der Waals surface area contributed by atoms with E-state index in [-0.39, 0.29) is 11.8 Å². The number of benzene rings is 1. The number of hydrogen-bond donors (Lipinski definition) is 3. The highest BCUT2D eigenvalue weighted by atomic mass is 16.3. The molecule has 1 aromatic rings. The zero-order valence-electron chi connectivity index (χ0n) is 7.86. The van der Waals surface area contributed by atoms with Gasteiger partial charge in [0.1, 0.15) is 5.75 Å². The number of phenols is 1. The van der Waals surface area contributed by atoms with Crippen molar-refractivity contribution < 1.29 is 10.2 Å². The molecule has 0 saturated heterocycles. The molecule has 13 heavy (non-hydrogen) atoms. The largest absolute Gasteiger partial charge is 0.508 e. The number of phenolic OH excluding ortho intramolecular Hbond substituents is 1. The zero-order chi connectivity index (χ0) is 9.84. The Bertz CT molecular complexity index is 258. The topological polar surface area (TPSA) is 52.5 Å². The second-order valence-electron chi connectivity index (χ2n) is 3.11. The van der Waals surface area contributed by atoms with Gasteiger partial charge in [-0.05, 0) is 31.7 Å². The smallest absolute Gasteiger partial charge is 0.115 e. The van der Waals surface area contributed by atoms with Crippen LogP contribution in [0.15, 0.2) is 24.3 Å². The zero-order valence-corrected chi connectivity index (χ0v) is 7.86. The lowest BCUT2D eigenvalue weighted by molar-refractivity contribution is 0.140. The molecule has 3 heteroatoms. The average Bonchev–Trinajstić information content (AvgIpc) is 2.17. The fraction of sp³-hybridized carbons (Fsp3) is 0.400. The van der Waals surface area contributed by atoms with Crippen LogP contribution in [0.3, 0.4) is 0 Å². The Balaban J connectivity index is 2.77. The van der Waals surface area contributed by atoms with E-state index in [0.29, 0.717) is 0 Å². The normalized spacial score (nSPS) is 15.3. The third kappa shape index (κ3) is 2.44. The van der Waals surface area contributed by atoms with Crippen LogP contribution in [0.2, 0.25) is 0 Å². The molecule has 0 fully saturated rings. The Hall–Kier alpha value is -1.06. The summed E-state index contributed by atoms with van der Waals surface area (Å²) in [5.41, 5.74) is 0.805. The number of hydrogen-bond acceptors (Lipinski definition) is 3. The predicted molar refractivity (Wildman–Crippen MR) is 51.6 cm³/mol. The van der Waals surface area contributed by atoms with Crippen molar-refractivity contribution in [3.8, 4) is 5.75 Å². The van der Waals surface area contributed by atoms with E-state index < -0.39 is 6.10 Å². The van der Waals surface area contributed by atoms with E-state index in [1.165, 1.54) is 0 Å². The molecule has 0 aliphatic heterocycles. The molecular weight excluding hydrogens is 166 g/mol. The third-order valence-corrected chi connectivity index (χ3v) is 2.16. The van der Waals surface area contributed by atoms with Gasteiger partial charge in [-0.15, -0.1) is 0 Å². The van der Waals surface area contributed by atoms with E-state index in [0.717, 1.165) is 5.56 Å². The molecule has 72 valence electrons. The molecule has 2 unspecified atom stereocenters. The fourth-order valence-corrected chi connectivity index (χ4v) is 1.12. The van der Waals surface area contributed by atoms with Crippen LogP contribution in [0.4, 0.5) is 0 Å². The standard InChI is InChI=1S/C10H15NO2/c1-7(11-2)10(13)8-3-5-9(12)6-4-8/h3-7,10-13H,1-2H3. The van der Waals surface area contributed by atoms with Gasteiger partial charge in [0, 0.05) is 6.04 Å². The molecule has 1 aromatic carbocycles. The summed E-state index contributed by atoms with van der Waals surface area (Å²) < 4.78 is 0. The minimum atomic E-state index is -0.536. The van der Waals surface area contributed by atoms with Crippen molar-refractivity contribution in [3.63, 3.8) is 0 Å². The quantitative estimate of drug-likeness (QED) is 0.653. The van der Waals surface area contributed by atoms with Crippen LogP contribution < -0.4 is 5.32 Å². The Kier molecular flexibility index (Phi) is 3.28. The number of aliphatic hydroxyl groups is 1. The van der Waals surface area contributed by atoms with Crippen LogP contribution in [0, 0.1) is 0 Å². The van der Waals surface area contributed by atoms with Crippen LogP contribution in [0.1, 0.15) is 18.6 Å².